The van der Waals surface area contributed by atoms with Gasteiger partial charge in [-0.25, -0.2) is 4.79 Å². The normalized spacial score (nSPS) is 16.9. The maximum absolute atomic E-state index is 11.7. The van der Waals surface area contributed by atoms with Gasteiger partial charge in [-0.15, -0.1) is 0 Å². The molecule has 1 aromatic rings. The summed E-state index contributed by atoms with van der Waals surface area (Å²) in [5.41, 5.74) is -1.11. The standard InChI is InChI=1S/C12H21N3O7/c1-14-8(3-9(19)15(2)12(14)22)13-4-6(17)10(20)11(21)7(18)5-16/h3,6-7,10-11,13,16-18,20-21H,4-5H2,1-2H3/t6-,7+,10+,11-/m0/s1. The van der Waals surface area contributed by atoms with Crippen LogP contribution < -0.4 is 16.6 Å². The number of rotatable bonds is 7. The molecule has 1 rings (SSSR count). The molecular formula is C12H21N3O7. The van der Waals surface area contributed by atoms with Crippen molar-refractivity contribution in [3.63, 3.8) is 0 Å². The second kappa shape index (κ2) is 7.51. The number of aliphatic hydroxyl groups excluding tert-OH is 5. The molecule has 0 saturated heterocycles. The minimum atomic E-state index is -1.74. The Balaban J connectivity index is 2.79. The molecule has 22 heavy (non-hydrogen) atoms. The van der Waals surface area contributed by atoms with Crippen LogP contribution in [-0.4, -0.2) is 72.2 Å². The van der Waals surface area contributed by atoms with Crippen molar-refractivity contribution in [3.8, 4) is 0 Å². The third kappa shape index (κ3) is 3.93. The lowest BCUT2D eigenvalue weighted by molar-refractivity contribution is -0.111. The van der Waals surface area contributed by atoms with Gasteiger partial charge in [-0.3, -0.25) is 13.9 Å². The van der Waals surface area contributed by atoms with Crippen LogP contribution >= 0.6 is 0 Å². The molecule has 10 heteroatoms. The Labute approximate surface area is 125 Å². The number of hydrogen-bond acceptors (Lipinski definition) is 8. The molecule has 0 aliphatic carbocycles. The molecule has 0 saturated carbocycles. The summed E-state index contributed by atoms with van der Waals surface area (Å²) in [6.07, 6.45) is -6.57. The van der Waals surface area contributed by atoms with Gasteiger partial charge in [0.15, 0.2) is 0 Å². The second-order valence-electron chi connectivity index (χ2n) is 4.95. The average Bonchev–Trinajstić information content (AvgIpc) is 2.52. The van der Waals surface area contributed by atoms with Crippen LogP contribution in [0, 0.1) is 0 Å². The zero-order valence-corrected chi connectivity index (χ0v) is 12.2. The van der Waals surface area contributed by atoms with Crippen LogP contribution in [-0.2, 0) is 14.1 Å². The van der Waals surface area contributed by atoms with Crippen molar-refractivity contribution in [2.24, 2.45) is 14.1 Å². The first-order chi connectivity index (χ1) is 10.2. The molecule has 1 heterocycles. The monoisotopic (exact) mass is 319 g/mol. The van der Waals surface area contributed by atoms with E-state index in [0.29, 0.717) is 0 Å². The molecule has 0 aliphatic heterocycles. The number of nitrogens with one attached hydrogen (secondary N) is 1. The van der Waals surface area contributed by atoms with Gasteiger partial charge in [-0.05, 0) is 0 Å². The van der Waals surface area contributed by atoms with E-state index in [1.807, 2.05) is 0 Å². The van der Waals surface area contributed by atoms with Crippen molar-refractivity contribution >= 4 is 5.82 Å². The Bertz CT molecular complexity index is 612. The summed E-state index contributed by atoms with van der Waals surface area (Å²) >= 11 is 0. The van der Waals surface area contributed by atoms with Crippen molar-refractivity contribution in [2.75, 3.05) is 18.5 Å². The lowest BCUT2D eigenvalue weighted by atomic mass is 10.0. The Morgan fingerprint density at radius 3 is 2.14 bits per heavy atom. The fraction of sp³-hybridized carbons (Fsp3) is 0.667. The zero-order valence-electron chi connectivity index (χ0n) is 12.2. The van der Waals surface area contributed by atoms with Crippen molar-refractivity contribution in [2.45, 2.75) is 24.4 Å². The highest BCUT2D eigenvalue weighted by molar-refractivity contribution is 5.34. The second-order valence-corrected chi connectivity index (χ2v) is 4.95. The number of nitrogens with zero attached hydrogens (tertiary/aromatic N) is 2. The number of anilines is 1. The van der Waals surface area contributed by atoms with Crippen molar-refractivity contribution in [1.29, 1.82) is 0 Å². The van der Waals surface area contributed by atoms with E-state index in [1.54, 1.807) is 0 Å². The molecule has 0 bridgehead atoms. The molecule has 1 aromatic heterocycles. The van der Waals surface area contributed by atoms with E-state index < -0.39 is 42.3 Å². The fourth-order valence-corrected chi connectivity index (χ4v) is 1.80. The molecule has 0 spiro atoms. The third-order valence-corrected chi connectivity index (χ3v) is 3.34. The minimum absolute atomic E-state index is 0.122. The maximum atomic E-state index is 11.7. The van der Waals surface area contributed by atoms with Crippen LogP contribution in [0.25, 0.3) is 0 Å². The van der Waals surface area contributed by atoms with Crippen LogP contribution in [0.5, 0.6) is 0 Å². The van der Waals surface area contributed by atoms with Crippen LogP contribution in [0.15, 0.2) is 15.7 Å². The molecule has 10 nitrogen and oxygen atoms in total. The number of aromatic nitrogens is 2. The number of hydrogen-bond donors (Lipinski definition) is 6. The topological polar surface area (TPSA) is 157 Å². The summed E-state index contributed by atoms with van der Waals surface area (Å²) < 4.78 is 2.04. The first-order valence-electron chi connectivity index (χ1n) is 6.54. The minimum Gasteiger partial charge on any atom is -0.394 e. The highest BCUT2D eigenvalue weighted by Crippen LogP contribution is 2.06. The van der Waals surface area contributed by atoms with E-state index in [4.69, 9.17) is 5.11 Å². The molecule has 126 valence electrons. The van der Waals surface area contributed by atoms with E-state index in [9.17, 15) is 30.0 Å². The van der Waals surface area contributed by atoms with Gasteiger partial charge in [0.2, 0.25) is 0 Å². The largest absolute Gasteiger partial charge is 0.394 e. The van der Waals surface area contributed by atoms with E-state index >= 15 is 0 Å². The predicted octanol–water partition coefficient (Wildman–Crippen LogP) is -4.07. The lowest BCUT2D eigenvalue weighted by Crippen LogP contribution is -2.48. The average molecular weight is 319 g/mol. The fourth-order valence-electron chi connectivity index (χ4n) is 1.80. The van der Waals surface area contributed by atoms with Crippen LogP contribution in [0.2, 0.25) is 0 Å². The summed E-state index contributed by atoms with van der Waals surface area (Å²) in [5, 5.41) is 49.3. The van der Waals surface area contributed by atoms with Crippen molar-refractivity contribution in [1.82, 2.24) is 9.13 Å². The molecule has 6 N–H and O–H groups in total. The first kappa shape index (κ1) is 18.3. The third-order valence-electron chi connectivity index (χ3n) is 3.34. The lowest BCUT2D eigenvalue weighted by Gasteiger charge is -2.26. The van der Waals surface area contributed by atoms with Gasteiger partial charge in [-0.1, -0.05) is 0 Å². The summed E-state index contributed by atoms with van der Waals surface area (Å²) in [7, 11) is 2.73. The van der Waals surface area contributed by atoms with Gasteiger partial charge in [0.05, 0.1) is 12.7 Å². The Morgan fingerprint density at radius 1 is 1.05 bits per heavy atom. The molecule has 0 unspecified atom stereocenters. The molecule has 4 atom stereocenters. The van der Waals surface area contributed by atoms with Crippen molar-refractivity contribution < 1.29 is 25.5 Å². The molecular weight excluding hydrogens is 298 g/mol. The molecule has 0 aliphatic rings. The Morgan fingerprint density at radius 2 is 1.59 bits per heavy atom. The summed E-state index contributed by atoms with van der Waals surface area (Å²) in [4.78, 5) is 23.2. The number of aliphatic hydroxyl groups is 5. The van der Waals surface area contributed by atoms with Gasteiger partial charge in [0.1, 0.15) is 24.1 Å². The van der Waals surface area contributed by atoms with E-state index in [-0.39, 0.29) is 12.4 Å². The van der Waals surface area contributed by atoms with E-state index in [0.717, 1.165) is 15.2 Å². The molecule has 0 aromatic carbocycles. The highest BCUT2D eigenvalue weighted by atomic mass is 16.4. The van der Waals surface area contributed by atoms with Gasteiger partial charge in [0, 0.05) is 26.7 Å². The smallest absolute Gasteiger partial charge is 0.332 e. The summed E-state index contributed by atoms with van der Waals surface area (Å²) in [6.45, 7) is -1.07. The van der Waals surface area contributed by atoms with Gasteiger partial charge in [0.25, 0.3) is 5.56 Å². The zero-order chi connectivity index (χ0) is 17.0. The maximum Gasteiger partial charge on any atom is 0.332 e. The van der Waals surface area contributed by atoms with E-state index in [2.05, 4.69) is 5.32 Å². The van der Waals surface area contributed by atoms with Gasteiger partial charge >= 0.3 is 5.69 Å². The van der Waals surface area contributed by atoms with Gasteiger partial charge in [-0.2, -0.15) is 0 Å². The van der Waals surface area contributed by atoms with Crippen LogP contribution in [0.3, 0.4) is 0 Å². The summed E-state index contributed by atoms with van der Waals surface area (Å²) in [5.74, 6) is 0.122. The molecule has 0 fully saturated rings. The van der Waals surface area contributed by atoms with Crippen molar-refractivity contribution in [3.05, 3.63) is 26.9 Å². The van der Waals surface area contributed by atoms with Gasteiger partial charge < -0.3 is 30.8 Å². The quantitative estimate of drug-likeness (QED) is 0.296. The Hall–Kier alpha value is -1.72. The first-order valence-corrected chi connectivity index (χ1v) is 6.54. The van der Waals surface area contributed by atoms with E-state index in [1.165, 1.54) is 14.1 Å². The molecule has 0 radical (unpaired) electrons. The summed E-state index contributed by atoms with van der Waals surface area (Å²) in [6, 6.07) is 1.14. The SMILES string of the molecule is Cn1c(NC[C@H](O)[C@@H](O)[C@@H](O)[C@H](O)CO)cc(=O)n(C)c1=O. The molecule has 0 amide bonds. The predicted molar refractivity (Wildman–Crippen MR) is 76.5 cm³/mol. The van der Waals surface area contributed by atoms with Crippen LogP contribution in [0.1, 0.15) is 0 Å². The van der Waals surface area contributed by atoms with Crippen LogP contribution in [0.4, 0.5) is 5.82 Å². The highest BCUT2D eigenvalue weighted by Gasteiger charge is 2.29. The Kier molecular flexibility index (Phi) is 6.26.